The quantitative estimate of drug-likeness (QED) is 0.646. The lowest BCUT2D eigenvalue weighted by Crippen LogP contribution is -2.27. The van der Waals surface area contributed by atoms with Gasteiger partial charge in [0.15, 0.2) is 5.78 Å². The smallest absolute Gasteiger partial charge is 0.233 e. The number of pyridine rings is 1. The predicted molar refractivity (Wildman–Crippen MR) is 84.8 cm³/mol. The minimum Gasteiger partial charge on any atom is -0.345 e. The highest BCUT2D eigenvalue weighted by atomic mass is 35.5. The first-order valence-electron chi connectivity index (χ1n) is 7.06. The van der Waals surface area contributed by atoms with Gasteiger partial charge in [-0.15, -0.1) is 0 Å². The molecule has 2 heterocycles. The molecule has 1 atom stereocenters. The van der Waals surface area contributed by atoms with Gasteiger partial charge in [0.2, 0.25) is 5.91 Å². The van der Waals surface area contributed by atoms with Gasteiger partial charge in [-0.25, -0.2) is 0 Å². The second-order valence-electron chi connectivity index (χ2n) is 5.43. The summed E-state index contributed by atoms with van der Waals surface area (Å²) in [4.78, 5) is 30.3. The van der Waals surface area contributed by atoms with Crippen molar-refractivity contribution in [2.75, 3.05) is 13.6 Å². The van der Waals surface area contributed by atoms with E-state index in [9.17, 15) is 9.59 Å². The number of rotatable bonds is 3. The van der Waals surface area contributed by atoms with E-state index in [0.29, 0.717) is 23.6 Å². The Morgan fingerprint density at radius 2 is 1.95 bits per heavy atom. The highest BCUT2D eigenvalue weighted by molar-refractivity contribution is 6.30. The standard InChI is InChI=1S/C17H15ClN2O2/c1-20-7-6-15(17(20)22)16(21)13-8-12(9-19-10-13)11-2-4-14(18)5-3-11/h2-5,8-10,15H,6-7H2,1H3. The van der Waals surface area contributed by atoms with E-state index in [-0.39, 0.29) is 11.7 Å². The summed E-state index contributed by atoms with van der Waals surface area (Å²) in [6.45, 7) is 0.625. The van der Waals surface area contributed by atoms with Gasteiger partial charge >= 0.3 is 0 Å². The summed E-state index contributed by atoms with van der Waals surface area (Å²) in [6.07, 6.45) is 3.79. The third kappa shape index (κ3) is 2.74. The Balaban J connectivity index is 1.89. The van der Waals surface area contributed by atoms with Crippen molar-refractivity contribution in [2.45, 2.75) is 6.42 Å². The summed E-state index contributed by atoms with van der Waals surface area (Å²) in [5.74, 6) is -0.841. The first kappa shape index (κ1) is 14.7. The SMILES string of the molecule is CN1CCC(C(=O)c2cncc(-c3ccc(Cl)cc3)c2)C1=O. The van der Waals surface area contributed by atoms with Gasteiger partial charge in [-0.3, -0.25) is 14.6 Å². The molecule has 2 aromatic rings. The van der Waals surface area contributed by atoms with Crippen molar-refractivity contribution in [3.05, 3.63) is 53.3 Å². The third-order valence-corrected chi connectivity index (χ3v) is 4.20. The fourth-order valence-electron chi connectivity index (χ4n) is 2.64. The van der Waals surface area contributed by atoms with Crippen molar-refractivity contribution in [3.8, 4) is 11.1 Å². The topological polar surface area (TPSA) is 50.3 Å². The fourth-order valence-corrected chi connectivity index (χ4v) is 2.77. The van der Waals surface area contributed by atoms with Crippen molar-refractivity contribution < 1.29 is 9.59 Å². The zero-order valence-corrected chi connectivity index (χ0v) is 12.9. The summed E-state index contributed by atoms with van der Waals surface area (Å²) >= 11 is 5.88. The number of carbonyl (C=O) groups excluding carboxylic acids is 2. The van der Waals surface area contributed by atoms with E-state index in [1.165, 1.54) is 6.20 Å². The second-order valence-corrected chi connectivity index (χ2v) is 5.87. The van der Waals surface area contributed by atoms with Crippen LogP contribution in [-0.2, 0) is 4.79 Å². The van der Waals surface area contributed by atoms with Crippen LogP contribution in [0.2, 0.25) is 5.02 Å². The maximum atomic E-state index is 12.5. The van der Waals surface area contributed by atoms with Crippen molar-refractivity contribution in [3.63, 3.8) is 0 Å². The molecule has 112 valence electrons. The van der Waals surface area contributed by atoms with Crippen LogP contribution in [-0.4, -0.2) is 35.2 Å². The largest absolute Gasteiger partial charge is 0.345 e. The van der Waals surface area contributed by atoms with E-state index in [1.807, 2.05) is 12.1 Å². The maximum absolute atomic E-state index is 12.5. The number of hydrogen-bond acceptors (Lipinski definition) is 3. The molecule has 5 heteroatoms. The average Bonchev–Trinajstić information content (AvgIpc) is 2.87. The summed E-state index contributed by atoms with van der Waals surface area (Å²) < 4.78 is 0. The molecule has 1 aromatic heterocycles. The lowest BCUT2D eigenvalue weighted by Gasteiger charge is -2.10. The molecule has 1 aliphatic rings. The van der Waals surface area contributed by atoms with Gasteiger partial charge < -0.3 is 4.90 Å². The molecule has 0 N–H and O–H groups in total. The normalized spacial score (nSPS) is 17.8. The summed E-state index contributed by atoms with van der Waals surface area (Å²) in [7, 11) is 1.72. The minimum absolute atomic E-state index is 0.109. The fraction of sp³-hybridized carbons (Fsp3) is 0.235. The Morgan fingerprint density at radius 3 is 2.59 bits per heavy atom. The van der Waals surface area contributed by atoms with E-state index in [0.717, 1.165) is 11.1 Å². The molecule has 1 fully saturated rings. The second kappa shape index (κ2) is 5.89. The maximum Gasteiger partial charge on any atom is 0.233 e. The molecule has 0 radical (unpaired) electrons. The molecule has 0 saturated carbocycles. The van der Waals surface area contributed by atoms with E-state index < -0.39 is 5.92 Å². The highest BCUT2D eigenvalue weighted by Gasteiger charge is 2.35. The van der Waals surface area contributed by atoms with Crippen molar-refractivity contribution in [1.29, 1.82) is 0 Å². The van der Waals surface area contributed by atoms with Gasteiger partial charge in [-0.1, -0.05) is 23.7 Å². The number of aromatic nitrogens is 1. The number of amides is 1. The number of Topliss-reactive ketones (excluding diaryl/α,β-unsaturated/α-hetero) is 1. The zero-order valence-electron chi connectivity index (χ0n) is 12.1. The Kier molecular flexibility index (Phi) is 3.94. The van der Waals surface area contributed by atoms with Crippen molar-refractivity contribution in [2.24, 2.45) is 5.92 Å². The lowest BCUT2D eigenvalue weighted by molar-refractivity contribution is -0.128. The number of halogens is 1. The number of likely N-dealkylation sites (tertiary alicyclic amines) is 1. The van der Waals surface area contributed by atoms with Crippen LogP contribution in [0.1, 0.15) is 16.8 Å². The molecule has 0 aliphatic carbocycles. The summed E-state index contributed by atoms with van der Waals surface area (Å²) in [5.41, 5.74) is 2.24. The van der Waals surface area contributed by atoms with Gasteiger partial charge in [0.05, 0.1) is 0 Å². The number of hydrogen-bond donors (Lipinski definition) is 0. The molecule has 0 spiro atoms. The molecule has 4 nitrogen and oxygen atoms in total. The van der Waals surface area contributed by atoms with Gasteiger partial charge in [0.25, 0.3) is 0 Å². The molecule has 1 unspecified atom stereocenters. The predicted octanol–water partition coefficient (Wildman–Crippen LogP) is 3.06. The minimum atomic E-state index is -0.577. The highest BCUT2D eigenvalue weighted by Crippen LogP contribution is 2.25. The van der Waals surface area contributed by atoms with Crippen LogP contribution in [0, 0.1) is 5.92 Å². The molecular formula is C17H15ClN2O2. The first-order valence-corrected chi connectivity index (χ1v) is 7.44. The number of benzene rings is 1. The van der Waals surface area contributed by atoms with Crippen LogP contribution in [0.4, 0.5) is 0 Å². The number of ketones is 1. The molecule has 1 amide bonds. The Hall–Kier alpha value is -2.20. The lowest BCUT2D eigenvalue weighted by atomic mass is 9.95. The summed E-state index contributed by atoms with van der Waals surface area (Å²) in [5, 5.41) is 0.656. The van der Waals surface area contributed by atoms with Crippen LogP contribution < -0.4 is 0 Å². The Labute approximate surface area is 133 Å². The van der Waals surface area contributed by atoms with Gasteiger partial charge in [-0.2, -0.15) is 0 Å². The van der Waals surface area contributed by atoms with E-state index in [1.54, 1.807) is 36.3 Å². The monoisotopic (exact) mass is 314 g/mol. The molecule has 1 aliphatic heterocycles. The van der Waals surface area contributed by atoms with Crippen LogP contribution in [0.25, 0.3) is 11.1 Å². The van der Waals surface area contributed by atoms with E-state index in [4.69, 9.17) is 11.6 Å². The van der Waals surface area contributed by atoms with E-state index >= 15 is 0 Å². The Bertz CT molecular complexity index is 728. The molecular weight excluding hydrogens is 300 g/mol. The molecule has 22 heavy (non-hydrogen) atoms. The van der Waals surface area contributed by atoms with Gasteiger partial charge in [0, 0.05) is 42.1 Å². The number of carbonyl (C=O) groups is 2. The van der Waals surface area contributed by atoms with Crippen LogP contribution >= 0.6 is 11.6 Å². The van der Waals surface area contributed by atoms with Crippen molar-refractivity contribution in [1.82, 2.24) is 9.88 Å². The molecule has 1 aromatic carbocycles. The Morgan fingerprint density at radius 1 is 1.23 bits per heavy atom. The van der Waals surface area contributed by atoms with Gasteiger partial charge in [-0.05, 0) is 30.2 Å². The number of nitrogens with zero attached hydrogens (tertiary/aromatic N) is 2. The average molecular weight is 315 g/mol. The van der Waals surface area contributed by atoms with Crippen LogP contribution in [0.3, 0.4) is 0 Å². The van der Waals surface area contributed by atoms with Gasteiger partial charge in [0.1, 0.15) is 5.92 Å². The van der Waals surface area contributed by atoms with Crippen LogP contribution in [0.5, 0.6) is 0 Å². The molecule has 1 saturated heterocycles. The van der Waals surface area contributed by atoms with Crippen LogP contribution in [0.15, 0.2) is 42.7 Å². The molecule has 0 bridgehead atoms. The van der Waals surface area contributed by atoms with E-state index in [2.05, 4.69) is 4.98 Å². The third-order valence-electron chi connectivity index (χ3n) is 3.94. The van der Waals surface area contributed by atoms with Crippen molar-refractivity contribution >= 4 is 23.3 Å². The first-order chi connectivity index (χ1) is 10.6. The molecule has 3 rings (SSSR count). The summed E-state index contributed by atoms with van der Waals surface area (Å²) in [6, 6.07) is 9.12. The zero-order chi connectivity index (χ0) is 15.7.